The summed E-state index contributed by atoms with van der Waals surface area (Å²) in [6.07, 6.45) is 3.33. The van der Waals surface area contributed by atoms with Crippen LogP contribution in [0.1, 0.15) is 43.5 Å². The average Bonchev–Trinajstić information content (AvgIpc) is 3.18. The molecule has 0 radical (unpaired) electrons. The minimum Gasteiger partial charge on any atom is -0.475 e. The van der Waals surface area contributed by atoms with Gasteiger partial charge in [0.1, 0.15) is 18.2 Å². The molecule has 0 unspecified atom stereocenters. The summed E-state index contributed by atoms with van der Waals surface area (Å²) < 4.78 is 11.0. The van der Waals surface area contributed by atoms with Gasteiger partial charge in [0.25, 0.3) is 0 Å². The third kappa shape index (κ3) is 3.32. The smallest absolute Gasteiger partial charge is 0.221 e. The van der Waals surface area contributed by atoms with Gasteiger partial charge in [-0.3, -0.25) is 0 Å². The molecule has 100 valence electrons. The van der Waals surface area contributed by atoms with E-state index >= 15 is 0 Å². The van der Waals surface area contributed by atoms with Gasteiger partial charge in [-0.2, -0.15) is 4.98 Å². The fourth-order valence-electron chi connectivity index (χ4n) is 1.64. The molecule has 18 heavy (non-hydrogen) atoms. The van der Waals surface area contributed by atoms with E-state index in [1.807, 2.05) is 6.92 Å². The van der Waals surface area contributed by atoms with Crippen molar-refractivity contribution in [1.29, 1.82) is 0 Å². The molecule has 0 amide bonds. The zero-order valence-corrected chi connectivity index (χ0v) is 11.1. The number of ether oxygens (including phenoxy) is 2. The van der Waals surface area contributed by atoms with Crippen LogP contribution >= 0.6 is 0 Å². The van der Waals surface area contributed by atoms with Gasteiger partial charge < -0.3 is 15.2 Å². The molecule has 1 saturated carbocycles. The van der Waals surface area contributed by atoms with E-state index in [1.54, 1.807) is 0 Å². The zero-order valence-electron chi connectivity index (χ0n) is 11.1. The van der Waals surface area contributed by atoms with E-state index in [-0.39, 0.29) is 0 Å². The molecule has 2 N–H and O–H groups in total. The van der Waals surface area contributed by atoms with Crippen LogP contribution in [0.3, 0.4) is 0 Å². The van der Waals surface area contributed by atoms with E-state index in [0.29, 0.717) is 30.8 Å². The number of nitrogens with two attached hydrogens (primary N) is 1. The highest BCUT2D eigenvalue weighted by Crippen LogP contribution is 2.39. The van der Waals surface area contributed by atoms with E-state index in [9.17, 15) is 0 Å². The van der Waals surface area contributed by atoms with E-state index in [0.717, 1.165) is 37.3 Å². The van der Waals surface area contributed by atoms with Crippen molar-refractivity contribution in [1.82, 2.24) is 9.97 Å². The van der Waals surface area contributed by atoms with Crippen LogP contribution in [0.15, 0.2) is 0 Å². The Hall–Kier alpha value is -1.36. The molecule has 5 heteroatoms. The van der Waals surface area contributed by atoms with Gasteiger partial charge >= 0.3 is 0 Å². The van der Waals surface area contributed by atoms with Crippen LogP contribution in [0.25, 0.3) is 0 Å². The maximum absolute atomic E-state index is 5.88. The number of hydrogen-bond acceptors (Lipinski definition) is 5. The molecule has 5 nitrogen and oxygen atoms in total. The van der Waals surface area contributed by atoms with Gasteiger partial charge in [-0.25, -0.2) is 4.98 Å². The molecule has 0 aliphatic heterocycles. The molecule has 1 aliphatic carbocycles. The van der Waals surface area contributed by atoms with E-state index in [4.69, 9.17) is 15.2 Å². The summed E-state index contributed by atoms with van der Waals surface area (Å²) >= 11 is 0. The van der Waals surface area contributed by atoms with Gasteiger partial charge in [0, 0.05) is 12.5 Å². The predicted molar refractivity (Wildman–Crippen MR) is 69.8 cm³/mol. The Morgan fingerprint density at radius 1 is 1.22 bits per heavy atom. The van der Waals surface area contributed by atoms with E-state index in [2.05, 4.69) is 16.9 Å². The minimum atomic E-state index is 0.478. The molecule has 1 aromatic heterocycles. The van der Waals surface area contributed by atoms with E-state index in [1.165, 1.54) is 0 Å². The number of nitrogen functional groups attached to an aromatic ring is 1. The fourth-order valence-corrected chi connectivity index (χ4v) is 1.64. The van der Waals surface area contributed by atoms with Gasteiger partial charge in [0.05, 0.1) is 12.2 Å². The lowest BCUT2D eigenvalue weighted by Crippen LogP contribution is -2.11. The largest absolute Gasteiger partial charge is 0.475 e. The highest BCUT2D eigenvalue weighted by Gasteiger charge is 2.28. The molecular weight excluding hydrogens is 230 g/mol. The van der Waals surface area contributed by atoms with Crippen molar-refractivity contribution in [3.05, 3.63) is 11.4 Å². The number of rotatable bonds is 7. The highest BCUT2D eigenvalue weighted by atomic mass is 16.5. The first kappa shape index (κ1) is 13.1. The highest BCUT2D eigenvalue weighted by molar-refractivity contribution is 5.45. The first-order valence-electron chi connectivity index (χ1n) is 6.57. The maximum Gasteiger partial charge on any atom is 0.221 e. The lowest BCUT2D eigenvalue weighted by molar-refractivity contribution is 0.0986. The Bertz CT molecular complexity index is 405. The van der Waals surface area contributed by atoms with Gasteiger partial charge in [-0.1, -0.05) is 6.92 Å². The first-order chi connectivity index (χ1) is 8.72. The molecule has 1 aromatic rings. The third-order valence-corrected chi connectivity index (χ3v) is 2.91. The summed E-state index contributed by atoms with van der Waals surface area (Å²) in [4.78, 5) is 8.75. The lowest BCUT2D eigenvalue weighted by atomic mass is 10.3. The first-order valence-corrected chi connectivity index (χ1v) is 6.57. The third-order valence-electron chi connectivity index (χ3n) is 2.91. The lowest BCUT2D eigenvalue weighted by Gasteiger charge is -2.11. The summed E-state index contributed by atoms with van der Waals surface area (Å²) in [5, 5.41) is 0. The quantitative estimate of drug-likeness (QED) is 0.751. The monoisotopic (exact) mass is 251 g/mol. The number of nitrogens with zero attached hydrogens (tertiary/aromatic N) is 2. The van der Waals surface area contributed by atoms with Crippen LogP contribution in [0, 0.1) is 6.92 Å². The molecule has 2 rings (SSSR count). The van der Waals surface area contributed by atoms with Crippen LogP contribution in [-0.4, -0.2) is 29.8 Å². The van der Waals surface area contributed by atoms with Gasteiger partial charge in [0.2, 0.25) is 5.88 Å². The van der Waals surface area contributed by atoms with Crippen LogP contribution in [-0.2, 0) is 4.74 Å². The van der Waals surface area contributed by atoms with Crippen molar-refractivity contribution >= 4 is 5.82 Å². The molecular formula is C13H21N3O2. The Morgan fingerprint density at radius 2 is 2.00 bits per heavy atom. The van der Waals surface area contributed by atoms with Gasteiger partial charge in [-0.15, -0.1) is 0 Å². The second-order valence-electron chi connectivity index (χ2n) is 4.63. The summed E-state index contributed by atoms with van der Waals surface area (Å²) in [6.45, 7) is 5.81. The topological polar surface area (TPSA) is 70.3 Å². The van der Waals surface area contributed by atoms with Crippen LogP contribution < -0.4 is 10.5 Å². The predicted octanol–water partition coefficient (Wildman–Crippen LogP) is 2.05. The van der Waals surface area contributed by atoms with Crippen molar-refractivity contribution in [3.63, 3.8) is 0 Å². The second-order valence-corrected chi connectivity index (χ2v) is 4.63. The molecule has 1 aliphatic rings. The summed E-state index contributed by atoms with van der Waals surface area (Å²) in [6, 6.07) is 0. The number of hydrogen-bond donors (Lipinski definition) is 1. The van der Waals surface area contributed by atoms with Crippen molar-refractivity contribution in [2.24, 2.45) is 0 Å². The van der Waals surface area contributed by atoms with Crippen molar-refractivity contribution in [2.45, 2.75) is 39.0 Å². The number of anilines is 1. The van der Waals surface area contributed by atoms with Crippen LogP contribution in [0.2, 0.25) is 0 Å². The number of aromatic nitrogens is 2. The summed E-state index contributed by atoms with van der Waals surface area (Å²) in [5.74, 6) is 2.43. The van der Waals surface area contributed by atoms with Crippen LogP contribution in [0.4, 0.5) is 5.82 Å². The van der Waals surface area contributed by atoms with Gasteiger partial charge in [-0.05, 0) is 26.2 Å². The molecule has 0 aromatic carbocycles. The van der Waals surface area contributed by atoms with Crippen molar-refractivity contribution in [3.8, 4) is 5.88 Å². The maximum atomic E-state index is 5.88. The average molecular weight is 251 g/mol. The minimum absolute atomic E-state index is 0.478. The van der Waals surface area contributed by atoms with E-state index < -0.39 is 0 Å². The molecule has 1 heterocycles. The Kier molecular flexibility index (Phi) is 4.36. The normalized spacial score (nSPS) is 14.8. The Balaban J connectivity index is 1.93. The second kappa shape index (κ2) is 6.00. The van der Waals surface area contributed by atoms with Gasteiger partial charge in [0.15, 0.2) is 0 Å². The van der Waals surface area contributed by atoms with Crippen molar-refractivity contribution < 1.29 is 9.47 Å². The SMILES string of the molecule is CCCOCCOc1nc(C2CC2)nc(N)c1C. The summed E-state index contributed by atoms with van der Waals surface area (Å²) in [7, 11) is 0. The summed E-state index contributed by atoms with van der Waals surface area (Å²) in [5.41, 5.74) is 6.69. The zero-order chi connectivity index (χ0) is 13.0. The fraction of sp³-hybridized carbons (Fsp3) is 0.692. The Morgan fingerprint density at radius 3 is 2.67 bits per heavy atom. The molecule has 0 bridgehead atoms. The van der Waals surface area contributed by atoms with Crippen LogP contribution in [0.5, 0.6) is 5.88 Å². The Labute approximate surface area is 108 Å². The van der Waals surface area contributed by atoms with Crippen molar-refractivity contribution in [2.75, 3.05) is 25.6 Å². The molecule has 0 saturated heterocycles. The molecule has 0 atom stereocenters. The molecule has 1 fully saturated rings. The molecule has 0 spiro atoms. The standard InChI is InChI=1S/C13H21N3O2/c1-3-6-17-7-8-18-13-9(2)11(14)15-12(16-13)10-4-5-10/h10H,3-8H2,1-2H3,(H2,14,15,16).